The Labute approximate surface area is 197 Å². The van der Waals surface area contributed by atoms with Crippen LogP contribution in [0.3, 0.4) is 0 Å². The molecule has 1 aromatic heterocycles. The van der Waals surface area contributed by atoms with Gasteiger partial charge in [0.15, 0.2) is 0 Å². The zero-order valence-corrected chi connectivity index (χ0v) is 19.6. The summed E-state index contributed by atoms with van der Waals surface area (Å²) in [5, 5.41) is 10.6. The first-order valence-electron chi connectivity index (χ1n) is 10.3. The molecule has 2 unspecified atom stereocenters. The van der Waals surface area contributed by atoms with Crippen LogP contribution in [0.15, 0.2) is 55.1 Å². The Morgan fingerprint density at radius 3 is 2.34 bits per heavy atom. The third-order valence-corrected chi connectivity index (χ3v) is 5.49. The average Bonchev–Trinajstić information content (AvgIpc) is 3.27. The lowest BCUT2D eigenvalue weighted by Crippen LogP contribution is -2.48. The van der Waals surface area contributed by atoms with Crippen molar-refractivity contribution in [2.75, 3.05) is 0 Å². The van der Waals surface area contributed by atoms with Crippen LogP contribution in [0.4, 0.5) is 0 Å². The molecular weight excluding hydrogens is 449 g/mol. The SMILES string of the molecule is CC(C)CC(NC(=O)c1ccc(Cl)cc1Cl)C(=O)NC(C)c1ccc(-n2cncn2)cc1. The third kappa shape index (κ3) is 6.08. The van der Waals surface area contributed by atoms with Gasteiger partial charge in [0.05, 0.1) is 22.3 Å². The molecule has 168 valence electrons. The van der Waals surface area contributed by atoms with Crippen molar-refractivity contribution in [3.63, 3.8) is 0 Å². The molecule has 0 saturated carbocycles. The van der Waals surface area contributed by atoms with Gasteiger partial charge < -0.3 is 10.6 Å². The maximum absolute atomic E-state index is 13.0. The highest BCUT2D eigenvalue weighted by Crippen LogP contribution is 2.21. The van der Waals surface area contributed by atoms with Gasteiger partial charge in [0.2, 0.25) is 5.91 Å². The van der Waals surface area contributed by atoms with Crippen LogP contribution in [0.25, 0.3) is 5.69 Å². The fourth-order valence-electron chi connectivity index (χ4n) is 3.27. The Morgan fingerprint density at radius 2 is 1.75 bits per heavy atom. The van der Waals surface area contributed by atoms with Gasteiger partial charge in [0.1, 0.15) is 18.7 Å². The molecule has 3 aromatic rings. The summed E-state index contributed by atoms with van der Waals surface area (Å²) in [6.45, 7) is 5.88. The fraction of sp³-hybridized carbons (Fsp3) is 0.304. The van der Waals surface area contributed by atoms with E-state index in [1.807, 2.05) is 45.0 Å². The van der Waals surface area contributed by atoms with Crippen molar-refractivity contribution < 1.29 is 9.59 Å². The number of halogens is 2. The monoisotopic (exact) mass is 473 g/mol. The van der Waals surface area contributed by atoms with E-state index in [4.69, 9.17) is 23.2 Å². The molecule has 0 fully saturated rings. The van der Waals surface area contributed by atoms with Gasteiger partial charge in [-0.3, -0.25) is 9.59 Å². The summed E-state index contributed by atoms with van der Waals surface area (Å²) in [5.41, 5.74) is 2.07. The summed E-state index contributed by atoms with van der Waals surface area (Å²) in [4.78, 5) is 29.7. The highest BCUT2D eigenvalue weighted by atomic mass is 35.5. The number of nitrogens with one attached hydrogen (secondary N) is 2. The van der Waals surface area contributed by atoms with E-state index < -0.39 is 11.9 Å². The summed E-state index contributed by atoms with van der Waals surface area (Å²) in [5.74, 6) is -0.480. The van der Waals surface area contributed by atoms with Crippen LogP contribution in [-0.4, -0.2) is 32.6 Å². The summed E-state index contributed by atoms with van der Waals surface area (Å²) < 4.78 is 1.66. The van der Waals surface area contributed by atoms with E-state index in [1.165, 1.54) is 12.4 Å². The van der Waals surface area contributed by atoms with Crippen molar-refractivity contribution >= 4 is 35.0 Å². The molecule has 32 heavy (non-hydrogen) atoms. The predicted molar refractivity (Wildman–Crippen MR) is 125 cm³/mol. The number of benzene rings is 2. The molecule has 7 nitrogen and oxygen atoms in total. The topological polar surface area (TPSA) is 88.9 Å². The second kappa shape index (κ2) is 10.6. The summed E-state index contributed by atoms with van der Waals surface area (Å²) in [7, 11) is 0. The van der Waals surface area contributed by atoms with Crippen molar-refractivity contribution in [1.82, 2.24) is 25.4 Å². The van der Waals surface area contributed by atoms with Gasteiger partial charge in [-0.05, 0) is 55.2 Å². The van der Waals surface area contributed by atoms with Crippen LogP contribution in [0.2, 0.25) is 10.0 Å². The van der Waals surface area contributed by atoms with E-state index in [0.717, 1.165) is 11.3 Å². The van der Waals surface area contributed by atoms with Crippen molar-refractivity contribution in [2.45, 2.75) is 39.3 Å². The fourth-order valence-corrected chi connectivity index (χ4v) is 3.76. The second-order valence-corrected chi connectivity index (χ2v) is 8.79. The predicted octanol–water partition coefficient (Wildman–Crippen LogP) is 4.60. The largest absolute Gasteiger partial charge is 0.348 e. The summed E-state index contributed by atoms with van der Waals surface area (Å²) >= 11 is 12.1. The Bertz CT molecular complexity index is 1070. The number of carbonyl (C=O) groups excluding carboxylic acids is 2. The van der Waals surface area contributed by atoms with Gasteiger partial charge in [0.25, 0.3) is 5.91 Å². The normalized spacial score (nSPS) is 12.9. The molecule has 2 N–H and O–H groups in total. The van der Waals surface area contributed by atoms with Crippen LogP contribution in [0.5, 0.6) is 0 Å². The Kier molecular flexibility index (Phi) is 7.88. The maximum Gasteiger partial charge on any atom is 0.253 e. The number of hydrogen-bond donors (Lipinski definition) is 2. The molecule has 3 rings (SSSR count). The van der Waals surface area contributed by atoms with E-state index in [-0.39, 0.29) is 28.5 Å². The van der Waals surface area contributed by atoms with E-state index in [9.17, 15) is 9.59 Å². The number of aromatic nitrogens is 3. The van der Waals surface area contributed by atoms with Crippen LogP contribution < -0.4 is 10.6 Å². The lowest BCUT2D eigenvalue weighted by Gasteiger charge is -2.23. The number of nitrogens with zero attached hydrogens (tertiary/aromatic N) is 3. The Morgan fingerprint density at radius 1 is 1.03 bits per heavy atom. The van der Waals surface area contributed by atoms with Gasteiger partial charge in [0, 0.05) is 5.02 Å². The minimum atomic E-state index is -0.703. The molecule has 2 amide bonds. The average molecular weight is 474 g/mol. The van der Waals surface area contributed by atoms with Crippen molar-refractivity contribution in [2.24, 2.45) is 5.92 Å². The highest BCUT2D eigenvalue weighted by molar-refractivity contribution is 6.36. The molecule has 0 aliphatic rings. The molecule has 2 aromatic carbocycles. The number of carbonyl (C=O) groups is 2. The van der Waals surface area contributed by atoms with Crippen molar-refractivity contribution in [3.05, 3.63) is 76.3 Å². The van der Waals surface area contributed by atoms with E-state index in [2.05, 4.69) is 20.7 Å². The zero-order valence-electron chi connectivity index (χ0n) is 18.0. The van der Waals surface area contributed by atoms with E-state index in [1.54, 1.807) is 23.1 Å². The first-order valence-corrected chi connectivity index (χ1v) is 11.0. The molecule has 1 heterocycles. The van der Waals surface area contributed by atoms with Gasteiger partial charge >= 0.3 is 0 Å². The second-order valence-electron chi connectivity index (χ2n) is 7.94. The van der Waals surface area contributed by atoms with E-state index >= 15 is 0 Å². The number of hydrogen-bond acceptors (Lipinski definition) is 4. The molecule has 0 aliphatic heterocycles. The molecule has 0 radical (unpaired) electrons. The third-order valence-electron chi connectivity index (χ3n) is 4.94. The highest BCUT2D eigenvalue weighted by Gasteiger charge is 2.25. The quantitative estimate of drug-likeness (QED) is 0.500. The maximum atomic E-state index is 13.0. The number of rotatable bonds is 8. The van der Waals surface area contributed by atoms with Crippen LogP contribution in [-0.2, 0) is 4.79 Å². The van der Waals surface area contributed by atoms with Gasteiger partial charge in [-0.2, -0.15) is 5.10 Å². The van der Waals surface area contributed by atoms with Gasteiger partial charge in [-0.15, -0.1) is 0 Å². The standard InChI is InChI=1S/C23H25Cl2N5O2/c1-14(2)10-21(29-22(31)19-9-6-17(24)11-20(19)25)23(32)28-15(3)16-4-7-18(8-5-16)30-13-26-12-27-30/h4-9,11-15,21H,10H2,1-3H3,(H,28,32)(H,29,31). The van der Waals surface area contributed by atoms with Crippen LogP contribution in [0, 0.1) is 5.92 Å². The first-order chi connectivity index (χ1) is 15.2. The molecular formula is C23H25Cl2N5O2. The van der Waals surface area contributed by atoms with Crippen molar-refractivity contribution in [3.8, 4) is 5.69 Å². The van der Waals surface area contributed by atoms with Crippen LogP contribution >= 0.6 is 23.2 Å². The van der Waals surface area contributed by atoms with E-state index in [0.29, 0.717) is 11.4 Å². The Balaban J connectivity index is 1.69. The van der Waals surface area contributed by atoms with Crippen LogP contribution in [0.1, 0.15) is 49.2 Å². The molecule has 9 heteroatoms. The minimum absolute atomic E-state index is 0.198. The Hall–Kier alpha value is -2.90. The minimum Gasteiger partial charge on any atom is -0.348 e. The summed E-state index contributed by atoms with van der Waals surface area (Å²) in [6, 6.07) is 11.3. The molecule has 0 aliphatic carbocycles. The smallest absolute Gasteiger partial charge is 0.253 e. The molecule has 0 bridgehead atoms. The molecule has 0 saturated heterocycles. The lowest BCUT2D eigenvalue weighted by atomic mass is 10.0. The molecule has 0 spiro atoms. The summed E-state index contributed by atoms with van der Waals surface area (Å²) in [6.07, 6.45) is 3.57. The number of amides is 2. The van der Waals surface area contributed by atoms with Crippen molar-refractivity contribution in [1.29, 1.82) is 0 Å². The van der Waals surface area contributed by atoms with Gasteiger partial charge in [-0.25, -0.2) is 9.67 Å². The van der Waals surface area contributed by atoms with Gasteiger partial charge in [-0.1, -0.05) is 49.2 Å². The zero-order chi connectivity index (χ0) is 23.3. The molecule has 2 atom stereocenters. The lowest BCUT2D eigenvalue weighted by molar-refractivity contribution is -0.124. The first kappa shape index (κ1) is 23.8.